The molecule has 0 saturated carbocycles. The van der Waals surface area contributed by atoms with Crippen molar-refractivity contribution in [2.24, 2.45) is 0 Å². The maximum Gasteiger partial charge on any atom is 0.341 e. The van der Waals surface area contributed by atoms with E-state index in [1.54, 1.807) is 67.4 Å². The van der Waals surface area contributed by atoms with E-state index in [0.29, 0.717) is 39.2 Å². The molecule has 4 aromatic rings. The maximum absolute atomic E-state index is 13.1. The zero-order valence-corrected chi connectivity index (χ0v) is 18.4. The smallest absolute Gasteiger partial charge is 0.341 e. The molecule has 8 nitrogen and oxygen atoms in total. The lowest BCUT2D eigenvalue weighted by molar-refractivity contribution is 0.0598. The summed E-state index contributed by atoms with van der Waals surface area (Å²) in [5.74, 6) is 0.628. The molecule has 0 aliphatic heterocycles. The molecule has 3 heterocycles. The van der Waals surface area contributed by atoms with Gasteiger partial charge in [-0.25, -0.2) is 9.48 Å². The fraction of sp³-hybridized carbons (Fsp3) is 0.174. The Morgan fingerprint density at radius 3 is 2.69 bits per heavy atom. The minimum atomic E-state index is -0.491. The number of furan rings is 2. The van der Waals surface area contributed by atoms with Crippen molar-refractivity contribution in [1.82, 2.24) is 14.7 Å². The largest absolute Gasteiger partial charge is 0.465 e. The van der Waals surface area contributed by atoms with Crippen LogP contribution >= 0.6 is 11.6 Å². The van der Waals surface area contributed by atoms with Crippen LogP contribution in [0.3, 0.4) is 0 Å². The first-order chi connectivity index (χ1) is 15.4. The van der Waals surface area contributed by atoms with Gasteiger partial charge in [0.1, 0.15) is 22.8 Å². The van der Waals surface area contributed by atoms with E-state index in [0.717, 1.165) is 0 Å². The van der Waals surface area contributed by atoms with Crippen molar-refractivity contribution in [2.75, 3.05) is 14.2 Å². The van der Waals surface area contributed by atoms with Crippen molar-refractivity contribution in [3.8, 4) is 17.1 Å². The number of carbonyl (C=O) groups excluding carboxylic acids is 2. The van der Waals surface area contributed by atoms with Crippen molar-refractivity contribution >= 4 is 23.5 Å². The van der Waals surface area contributed by atoms with E-state index in [4.69, 9.17) is 25.2 Å². The van der Waals surface area contributed by atoms with Gasteiger partial charge in [-0.15, -0.1) is 0 Å². The molecule has 1 amide bonds. The highest BCUT2D eigenvalue weighted by atomic mass is 35.5. The first-order valence-corrected chi connectivity index (χ1v) is 10.1. The fourth-order valence-electron chi connectivity index (χ4n) is 3.33. The Hall–Kier alpha value is -3.78. The number of hydrogen-bond donors (Lipinski definition) is 0. The van der Waals surface area contributed by atoms with Gasteiger partial charge < -0.3 is 18.5 Å². The minimum absolute atomic E-state index is 0.150. The Kier molecular flexibility index (Phi) is 5.87. The van der Waals surface area contributed by atoms with Crippen molar-refractivity contribution < 1.29 is 23.2 Å². The van der Waals surface area contributed by atoms with Crippen LogP contribution in [0, 0.1) is 6.92 Å². The van der Waals surface area contributed by atoms with Gasteiger partial charge in [-0.05, 0) is 43.3 Å². The number of benzene rings is 1. The summed E-state index contributed by atoms with van der Waals surface area (Å²) >= 11 is 6.15. The summed E-state index contributed by atoms with van der Waals surface area (Å²) in [6.45, 7) is 1.82. The molecule has 0 radical (unpaired) electrons. The summed E-state index contributed by atoms with van der Waals surface area (Å²) in [7, 11) is 2.93. The van der Waals surface area contributed by atoms with Crippen LogP contribution in [0.4, 0.5) is 0 Å². The molecule has 0 aliphatic carbocycles. The van der Waals surface area contributed by atoms with E-state index >= 15 is 0 Å². The van der Waals surface area contributed by atoms with Gasteiger partial charge in [-0.1, -0.05) is 17.7 Å². The lowest BCUT2D eigenvalue weighted by Gasteiger charge is -2.14. The molecule has 9 heteroatoms. The number of esters is 1. The number of nitrogens with zero attached hydrogens (tertiary/aromatic N) is 3. The van der Waals surface area contributed by atoms with E-state index in [-0.39, 0.29) is 18.1 Å². The lowest BCUT2D eigenvalue weighted by atomic mass is 10.2. The molecular weight excluding hydrogens is 434 g/mol. The van der Waals surface area contributed by atoms with E-state index in [2.05, 4.69) is 5.10 Å². The molecule has 164 valence electrons. The summed E-state index contributed by atoms with van der Waals surface area (Å²) in [6, 6.07) is 13.9. The third-order valence-corrected chi connectivity index (χ3v) is 5.10. The Morgan fingerprint density at radius 1 is 1.19 bits per heavy atom. The Bertz CT molecular complexity index is 1270. The molecule has 0 N–H and O–H groups in total. The van der Waals surface area contributed by atoms with Crippen LogP contribution in [-0.2, 0) is 11.3 Å². The van der Waals surface area contributed by atoms with E-state index in [9.17, 15) is 9.59 Å². The molecule has 0 unspecified atom stereocenters. The highest BCUT2D eigenvalue weighted by molar-refractivity contribution is 6.30. The fourth-order valence-corrected chi connectivity index (χ4v) is 3.51. The Balaban J connectivity index is 1.64. The number of ether oxygens (including phenoxy) is 1. The van der Waals surface area contributed by atoms with E-state index in [1.807, 2.05) is 6.07 Å². The maximum atomic E-state index is 13.1. The summed E-state index contributed by atoms with van der Waals surface area (Å²) in [5.41, 5.74) is 1.84. The third-order valence-electron chi connectivity index (χ3n) is 4.87. The standard InChI is InChI=1S/C23H20ClN3O5/c1-14-18(23(29)30-3)11-17(32-14)13-26(2)22(28)19-12-20(21-8-5-9-31-21)27(25-19)16-7-4-6-15(24)10-16/h4-12H,13H2,1-3H3. The van der Waals surface area contributed by atoms with Crippen LogP contribution in [0.15, 0.2) is 63.6 Å². The van der Waals surface area contributed by atoms with Crippen molar-refractivity contribution in [2.45, 2.75) is 13.5 Å². The zero-order chi connectivity index (χ0) is 22.8. The number of aromatic nitrogens is 2. The average molecular weight is 454 g/mol. The van der Waals surface area contributed by atoms with Crippen molar-refractivity contribution in [3.05, 3.63) is 82.6 Å². The predicted octanol–water partition coefficient (Wildman–Crippen LogP) is 4.75. The van der Waals surface area contributed by atoms with Crippen LogP contribution in [0.25, 0.3) is 17.1 Å². The molecule has 4 rings (SSSR count). The number of methoxy groups -OCH3 is 1. The highest BCUT2D eigenvalue weighted by Crippen LogP contribution is 2.26. The zero-order valence-electron chi connectivity index (χ0n) is 17.7. The monoisotopic (exact) mass is 453 g/mol. The summed E-state index contributed by atoms with van der Waals surface area (Å²) < 4.78 is 17.5. The van der Waals surface area contributed by atoms with Crippen LogP contribution in [0.5, 0.6) is 0 Å². The molecule has 0 saturated heterocycles. The number of aryl methyl sites for hydroxylation is 1. The number of hydrogen-bond acceptors (Lipinski definition) is 6. The second-order valence-corrected chi connectivity index (χ2v) is 7.56. The van der Waals surface area contributed by atoms with Crippen molar-refractivity contribution in [1.29, 1.82) is 0 Å². The molecule has 0 aliphatic rings. The van der Waals surface area contributed by atoms with Crippen LogP contribution in [0.1, 0.15) is 32.4 Å². The molecule has 3 aromatic heterocycles. The van der Waals surface area contributed by atoms with Gasteiger partial charge in [-0.2, -0.15) is 5.10 Å². The van der Waals surface area contributed by atoms with Gasteiger partial charge in [-0.3, -0.25) is 4.79 Å². The quantitative estimate of drug-likeness (QED) is 0.391. The van der Waals surface area contributed by atoms with Gasteiger partial charge in [0.05, 0.1) is 25.6 Å². The van der Waals surface area contributed by atoms with Gasteiger partial charge in [0, 0.05) is 18.1 Å². The summed E-state index contributed by atoms with van der Waals surface area (Å²) in [5, 5.41) is 5.05. The van der Waals surface area contributed by atoms with Crippen LogP contribution in [-0.4, -0.2) is 40.7 Å². The first kappa shape index (κ1) is 21.5. The third kappa shape index (κ3) is 4.17. The van der Waals surface area contributed by atoms with E-state index in [1.165, 1.54) is 12.0 Å². The SMILES string of the molecule is COC(=O)c1cc(CN(C)C(=O)c2cc(-c3ccco3)n(-c3cccc(Cl)c3)n2)oc1C. The lowest BCUT2D eigenvalue weighted by Crippen LogP contribution is -2.26. The predicted molar refractivity (Wildman–Crippen MR) is 117 cm³/mol. The van der Waals surface area contributed by atoms with Gasteiger partial charge in [0.2, 0.25) is 0 Å². The van der Waals surface area contributed by atoms with Crippen LogP contribution in [0.2, 0.25) is 5.02 Å². The van der Waals surface area contributed by atoms with Crippen LogP contribution < -0.4 is 0 Å². The molecular formula is C23H20ClN3O5. The molecule has 32 heavy (non-hydrogen) atoms. The Labute approximate surface area is 188 Å². The molecule has 1 aromatic carbocycles. The number of halogens is 1. The Morgan fingerprint density at radius 2 is 2.00 bits per heavy atom. The van der Waals surface area contributed by atoms with Gasteiger partial charge in [0.25, 0.3) is 5.91 Å². The summed E-state index contributed by atoms with van der Waals surface area (Å²) in [4.78, 5) is 26.4. The number of amides is 1. The number of rotatable bonds is 6. The molecule has 0 spiro atoms. The second kappa shape index (κ2) is 8.76. The van der Waals surface area contributed by atoms with E-state index < -0.39 is 5.97 Å². The molecule has 0 bridgehead atoms. The second-order valence-electron chi connectivity index (χ2n) is 7.12. The minimum Gasteiger partial charge on any atom is -0.465 e. The summed E-state index contributed by atoms with van der Waals surface area (Å²) in [6.07, 6.45) is 1.55. The van der Waals surface area contributed by atoms with Crippen molar-refractivity contribution in [3.63, 3.8) is 0 Å². The van der Waals surface area contributed by atoms with Gasteiger partial charge in [0.15, 0.2) is 11.5 Å². The highest BCUT2D eigenvalue weighted by Gasteiger charge is 2.23. The van der Waals surface area contributed by atoms with Gasteiger partial charge >= 0.3 is 5.97 Å². The average Bonchev–Trinajstić information content (AvgIpc) is 3.52. The normalized spacial score (nSPS) is 10.9. The topological polar surface area (TPSA) is 90.7 Å². The first-order valence-electron chi connectivity index (χ1n) is 9.70. The molecule has 0 fully saturated rings. The molecule has 0 atom stereocenters. The number of carbonyl (C=O) groups is 2.